The zero-order valence-corrected chi connectivity index (χ0v) is 13.0. The number of para-hydroxylation sites is 1. The third-order valence-electron chi connectivity index (χ3n) is 3.68. The molecule has 0 saturated carbocycles. The van der Waals surface area contributed by atoms with E-state index in [-0.39, 0.29) is 11.7 Å². The van der Waals surface area contributed by atoms with Gasteiger partial charge in [0.25, 0.3) is 5.91 Å². The van der Waals surface area contributed by atoms with Gasteiger partial charge in [-0.25, -0.2) is 0 Å². The summed E-state index contributed by atoms with van der Waals surface area (Å²) in [5.41, 5.74) is 2.24. The number of nitrogens with zero attached hydrogens (tertiary/aromatic N) is 1. The molecule has 0 radical (unpaired) electrons. The molecular weight excluding hydrogens is 314 g/mol. The van der Waals surface area contributed by atoms with Crippen LogP contribution in [0.4, 0.5) is 8.78 Å². The van der Waals surface area contributed by atoms with Gasteiger partial charge in [0.2, 0.25) is 0 Å². The van der Waals surface area contributed by atoms with Gasteiger partial charge in [-0.1, -0.05) is 30.3 Å². The third-order valence-corrected chi connectivity index (χ3v) is 3.68. The van der Waals surface area contributed by atoms with Crippen molar-refractivity contribution in [2.45, 2.75) is 13.2 Å². The molecule has 1 aromatic heterocycles. The number of benzene rings is 2. The average Bonchev–Trinajstić information content (AvgIpc) is 2.99. The summed E-state index contributed by atoms with van der Waals surface area (Å²) >= 11 is 0. The number of aromatic amines is 1. The molecule has 0 saturated heterocycles. The summed E-state index contributed by atoms with van der Waals surface area (Å²) in [5.74, 6) is -0.0440. The summed E-state index contributed by atoms with van der Waals surface area (Å²) < 4.78 is 28.6. The lowest BCUT2D eigenvalue weighted by Crippen LogP contribution is -2.26. The first kappa shape index (κ1) is 16.0. The highest BCUT2D eigenvalue weighted by atomic mass is 19.3. The van der Waals surface area contributed by atoms with Gasteiger partial charge < -0.3 is 14.6 Å². The van der Waals surface area contributed by atoms with E-state index in [9.17, 15) is 13.6 Å². The van der Waals surface area contributed by atoms with E-state index in [1.54, 1.807) is 24.1 Å². The molecule has 0 aliphatic carbocycles. The van der Waals surface area contributed by atoms with E-state index in [1.807, 2.05) is 30.3 Å². The number of hydrogen-bond donors (Lipinski definition) is 1. The lowest BCUT2D eigenvalue weighted by molar-refractivity contribution is -0.0498. The monoisotopic (exact) mass is 330 g/mol. The smallest absolute Gasteiger partial charge is 0.387 e. The van der Waals surface area contributed by atoms with Crippen LogP contribution >= 0.6 is 0 Å². The van der Waals surface area contributed by atoms with Crippen LogP contribution in [0, 0.1) is 0 Å². The minimum Gasteiger partial charge on any atom is -0.435 e. The van der Waals surface area contributed by atoms with Gasteiger partial charge in [0, 0.05) is 24.5 Å². The summed E-state index contributed by atoms with van der Waals surface area (Å²) in [6.45, 7) is -2.48. The molecule has 0 spiro atoms. The Morgan fingerprint density at radius 3 is 2.54 bits per heavy atom. The fourth-order valence-corrected chi connectivity index (χ4v) is 2.52. The number of H-pyrrole nitrogens is 1. The number of hydrogen-bond acceptors (Lipinski definition) is 2. The molecule has 6 heteroatoms. The van der Waals surface area contributed by atoms with Crippen LogP contribution in [0.1, 0.15) is 16.1 Å². The van der Waals surface area contributed by atoms with Crippen LogP contribution in [0.3, 0.4) is 0 Å². The number of fused-ring (bicyclic) bond motifs is 1. The molecule has 0 aliphatic rings. The van der Waals surface area contributed by atoms with Gasteiger partial charge in [0.15, 0.2) is 0 Å². The van der Waals surface area contributed by atoms with Gasteiger partial charge >= 0.3 is 6.61 Å². The zero-order valence-electron chi connectivity index (χ0n) is 13.0. The molecule has 1 N–H and O–H groups in total. The van der Waals surface area contributed by atoms with E-state index < -0.39 is 6.61 Å². The van der Waals surface area contributed by atoms with Crippen LogP contribution in [0.15, 0.2) is 54.6 Å². The maximum absolute atomic E-state index is 12.5. The van der Waals surface area contributed by atoms with Crippen molar-refractivity contribution in [3.05, 3.63) is 65.9 Å². The largest absolute Gasteiger partial charge is 0.435 e. The topological polar surface area (TPSA) is 45.3 Å². The first-order valence-corrected chi connectivity index (χ1v) is 7.40. The summed E-state index contributed by atoms with van der Waals surface area (Å²) in [5, 5.41) is 0.975. The minimum atomic E-state index is -2.85. The maximum Gasteiger partial charge on any atom is 0.387 e. The minimum absolute atomic E-state index is 0.0957. The molecule has 0 fully saturated rings. The fraction of sp³-hybridized carbons (Fsp3) is 0.167. The van der Waals surface area contributed by atoms with Crippen molar-refractivity contribution in [3.8, 4) is 5.75 Å². The van der Waals surface area contributed by atoms with Crippen LogP contribution in [0.5, 0.6) is 5.75 Å². The molecule has 0 atom stereocenters. The molecule has 3 rings (SSSR count). The summed E-state index contributed by atoms with van der Waals surface area (Å²) in [6.07, 6.45) is 0. The zero-order chi connectivity index (χ0) is 17.1. The normalized spacial score (nSPS) is 11.0. The Labute approximate surface area is 137 Å². The Kier molecular flexibility index (Phi) is 4.46. The highest BCUT2D eigenvalue weighted by molar-refractivity contribution is 5.97. The molecule has 0 bridgehead atoms. The number of aromatic nitrogens is 1. The van der Waals surface area contributed by atoms with E-state index >= 15 is 0 Å². The predicted octanol–water partition coefficient (Wildman–Crippen LogP) is 4.04. The first-order valence-electron chi connectivity index (χ1n) is 7.40. The van der Waals surface area contributed by atoms with Crippen molar-refractivity contribution < 1.29 is 18.3 Å². The second-order valence-electron chi connectivity index (χ2n) is 5.45. The maximum atomic E-state index is 12.5. The molecule has 3 aromatic rings. The number of carbonyl (C=O) groups excluding carboxylic acids is 1. The Hall–Kier alpha value is -2.89. The van der Waals surface area contributed by atoms with Gasteiger partial charge in [-0.05, 0) is 29.8 Å². The average molecular weight is 330 g/mol. The summed E-state index contributed by atoms with van der Waals surface area (Å²) in [4.78, 5) is 17.2. The summed E-state index contributed by atoms with van der Waals surface area (Å²) in [6, 6.07) is 15.7. The number of amides is 1. The number of ether oxygens (including phenoxy) is 1. The lowest BCUT2D eigenvalue weighted by Gasteiger charge is -2.16. The molecule has 124 valence electrons. The van der Waals surface area contributed by atoms with Crippen LogP contribution in [-0.2, 0) is 6.54 Å². The van der Waals surface area contributed by atoms with Gasteiger partial charge in [0.1, 0.15) is 11.4 Å². The summed E-state index contributed by atoms with van der Waals surface area (Å²) in [7, 11) is 1.69. The van der Waals surface area contributed by atoms with Crippen molar-refractivity contribution in [2.75, 3.05) is 7.05 Å². The van der Waals surface area contributed by atoms with Crippen molar-refractivity contribution in [2.24, 2.45) is 0 Å². The van der Waals surface area contributed by atoms with Gasteiger partial charge in [0.05, 0.1) is 0 Å². The Balaban J connectivity index is 1.69. The van der Waals surface area contributed by atoms with Gasteiger partial charge in [-0.2, -0.15) is 8.78 Å². The highest BCUT2D eigenvalue weighted by Gasteiger charge is 2.14. The Morgan fingerprint density at radius 2 is 1.88 bits per heavy atom. The van der Waals surface area contributed by atoms with Crippen LogP contribution in [0.2, 0.25) is 0 Å². The number of nitrogens with one attached hydrogen (secondary N) is 1. The molecule has 0 unspecified atom stereocenters. The van der Waals surface area contributed by atoms with Crippen LogP contribution in [-0.4, -0.2) is 29.5 Å². The SMILES string of the molecule is CN(Cc1ccc(OC(F)F)cc1)C(=O)c1cc2ccccc2[nH]1. The number of alkyl halides is 2. The second kappa shape index (κ2) is 6.70. The molecule has 1 heterocycles. The quantitative estimate of drug-likeness (QED) is 0.767. The van der Waals surface area contributed by atoms with Crippen LogP contribution in [0.25, 0.3) is 10.9 Å². The van der Waals surface area contributed by atoms with Crippen molar-refractivity contribution in [3.63, 3.8) is 0 Å². The van der Waals surface area contributed by atoms with Gasteiger partial charge in [-0.15, -0.1) is 0 Å². The molecule has 0 aliphatic heterocycles. The molecule has 2 aromatic carbocycles. The van der Waals surface area contributed by atoms with Gasteiger partial charge in [-0.3, -0.25) is 4.79 Å². The van der Waals surface area contributed by atoms with Crippen molar-refractivity contribution in [1.82, 2.24) is 9.88 Å². The number of halogens is 2. The third kappa shape index (κ3) is 3.53. The van der Waals surface area contributed by atoms with E-state index in [2.05, 4.69) is 9.72 Å². The Morgan fingerprint density at radius 1 is 1.17 bits per heavy atom. The lowest BCUT2D eigenvalue weighted by atomic mass is 10.2. The number of rotatable bonds is 5. The highest BCUT2D eigenvalue weighted by Crippen LogP contribution is 2.18. The molecular formula is C18H16F2N2O2. The predicted molar refractivity (Wildman–Crippen MR) is 87.2 cm³/mol. The van der Waals surface area contributed by atoms with Crippen LogP contribution < -0.4 is 4.74 Å². The standard InChI is InChI=1S/C18H16F2N2O2/c1-22(11-12-6-8-14(9-7-12)24-18(19)20)17(23)16-10-13-4-2-3-5-15(13)21-16/h2-10,18,21H,11H2,1H3. The fourth-order valence-electron chi connectivity index (χ4n) is 2.52. The van der Waals surface area contributed by atoms with Crippen molar-refractivity contribution in [1.29, 1.82) is 0 Å². The van der Waals surface area contributed by atoms with Crippen molar-refractivity contribution >= 4 is 16.8 Å². The van der Waals surface area contributed by atoms with E-state index in [0.717, 1.165) is 16.5 Å². The molecule has 1 amide bonds. The Bertz CT molecular complexity index is 811. The molecule has 24 heavy (non-hydrogen) atoms. The molecule has 4 nitrogen and oxygen atoms in total. The van der Waals surface area contributed by atoms with E-state index in [1.165, 1.54) is 12.1 Å². The second-order valence-corrected chi connectivity index (χ2v) is 5.45. The first-order chi connectivity index (χ1) is 11.5. The number of carbonyl (C=O) groups is 1. The van der Waals surface area contributed by atoms with E-state index in [4.69, 9.17) is 0 Å². The van der Waals surface area contributed by atoms with E-state index in [0.29, 0.717) is 12.2 Å².